The number of nitrogens with zero attached hydrogens (tertiary/aromatic N) is 3. The molecule has 0 aliphatic rings. The van der Waals surface area contributed by atoms with Crippen LogP contribution in [0.25, 0.3) is 5.65 Å². The molecule has 1 aromatic carbocycles. The number of nitrogens with one attached hydrogen (secondary N) is 1. The monoisotopic (exact) mass is 432 g/mol. The quantitative estimate of drug-likeness (QED) is 0.473. The minimum absolute atomic E-state index is 0.139. The first-order valence-electron chi connectivity index (χ1n) is 8.22. The van der Waals surface area contributed by atoms with Gasteiger partial charge < -0.3 is 14.5 Å². The largest absolute Gasteiger partial charge is 0.487 e. The molecule has 0 fully saturated rings. The van der Waals surface area contributed by atoms with Gasteiger partial charge in [0.05, 0.1) is 23.8 Å². The Morgan fingerprint density at radius 2 is 2.15 bits per heavy atom. The zero-order chi connectivity index (χ0) is 19.6. The van der Waals surface area contributed by atoms with Gasteiger partial charge in [0.25, 0.3) is 5.91 Å². The fourth-order valence-corrected chi connectivity index (χ4v) is 3.28. The van der Waals surface area contributed by atoms with Crippen molar-refractivity contribution in [2.75, 3.05) is 6.61 Å². The van der Waals surface area contributed by atoms with E-state index in [1.54, 1.807) is 6.92 Å². The number of carbonyl (C=O) groups excluding carboxylic acids is 1. The maximum Gasteiger partial charge on any atom is 0.311 e. The van der Waals surface area contributed by atoms with Crippen LogP contribution in [0, 0.1) is 17.0 Å². The van der Waals surface area contributed by atoms with Gasteiger partial charge >= 0.3 is 5.69 Å². The predicted octanol–water partition coefficient (Wildman–Crippen LogP) is 3.64. The molecule has 0 radical (unpaired) electrons. The minimum Gasteiger partial charge on any atom is -0.487 e. The van der Waals surface area contributed by atoms with E-state index < -0.39 is 10.8 Å². The Balaban J connectivity index is 1.77. The molecule has 2 aromatic heterocycles. The van der Waals surface area contributed by atoms with Crippen molar-refractivity contribution in [3.8, 4) is 5.75 Å². The van der Waals surface area contributed by atoms with Gasteiger partial charge in [-0.25, -0.2) is 4.98 Å². The fourth-order valence-electron chi connectivity index (χ4n) is 2.71. The van der Waals surface area contributed by atoms with Gasteiger partial charge in [0.15, 0.2) is 5.75 Å². The number of amides is 1. The second-order valence-corrected chi connectivity index (χ2v) is 6.78. The van der Waals surface area contributed by atoms with E-state index in [4.69, 9.17) is 4.74 Å². The summed E-state index contributed by atoms with van der Waals surface area (Å²) in [5, 5.41) is 13.9. The maximum absolute atomic E-state index is 12.4. The van der Waals surface area contributed by atoms with Crippen molar-refractivity contribution < 1.29 is 14.5 Å². The summed E-state index contributed by atoms with van der Waals surface area (Å²) in [5.74, 6) is -0.281. The molecule has 1 N–H and O–H groups in total. The summed E-state index contributed by atoms with van der Waals surface area (Å²) in [5.41, 5.74) is 2.44. The smallest absolute Gasteiger partial charge is 0.311 e. The number of pyridine rings is 1. The molecule has 0 spiro atoms. The fraction of sp³-hybridized carbons (Fsp3) is 0.222. The van der Waals surface area contributed by atoms with Crippen molar-refractivity contribution in [3.05, 3.63) is 68.1 Å². The van der Waals surface area contributed by atoms with Crippen molar-refractivity contribution in [1.29, 1.82) is 0 Å². The number of aryl methyl sites for hydroxylation is 1. The van der Waals surface area contributed by atoms with E-state index in [0.717, 1.165) is 15.7 Å². The summed E-state index contributed by atoms with van der Waals surface area (Å²) >= 11 is 3.44. The number of nitro groups is 1. The van der Waals surface area contributed by atoms with Crippen molar-refractivity contribution in [2.24, 2.45) is 0 Å². The SMILES string of the molecule is CCOc1ccc(C(=O)NCc2cn3cc(Br)cc(C)c3n2)cc1[N+](=O)[O-]. The molecule has 140 valence electrons. The number of imidazole rings is 1. The predicted molar refractivity (Wildman–Crippen MR) is 103 cm³/mol. The van der Waals surface area contributed by atoms with Gasteiger partial charge in [0, 0.05) is 28.5 Å². The van der Waals surface area contributed by atoms with E-state index in [1.807, 2.05) is 29.8 Å². The van der Waals surface area contributed by atoms with Crippen molar-refractivity contribution in [2.45, 2.75) is 20.4 Å². The normalized spacial score (nSPS) is 10.8. The Labute approximate surface area is 163 Å². The summed E-state index contributed by atoms with van der Waals surface area (Å²) in [7, 11) is 0. The lowest BCUT2D eigenvalue weighted by atomic mass is 10.1. The average Bonchev–Trinajstić information content (AvgIpc) is 3.03. The number of hydrogen-bond donors (Lipinski definition) is 1. The summed E-state index contributed by atoms with van der Waals surface area (Å²) in [4.78, 5) is 27.5. The van der Waals surface area contributed by atoms with Crippen LogP contribution in [0.3, 0.4) is 0 Å². The number of carbonyl (C=O) groups is 1. The summed E-state index contributed by atoms with van der Waals surface area (Å²) < 4.78 is 8.04. The number of benzene rings is 1. The summed E-state index contributed by atoms with van der Waals surface area (Å²) in [6.07, 6.45) is 3.71. The minimum atomic E-state index is -0.565. The third-order valence-electron chi connectivity index (χ3n) is 3.90. The first kappa shape index (κ1) is 18.8. The molecule has 0 atom stereocenters. The second-order valence-electron chi connectivity index (χ2n) is 5.86. The maximum atomic E-state index is 12.4. The topological polar surface area (TPSA) is 98.8 Å². The molecule has 8 nitrogen and oxygen atoms in total. The molecule has 27 heavy (non-hydrogen) atoms. The number of nitro benzene ring substituents is 1. The highest BCUT2D eigenvalue weighted by Crippen LogP contribution is 2.28. The molecule has 1 amide bonds. The van der Waals surface area contributed by atoms with Crippen LogP contribution < -0.4 is 10.1 Å². The lowest BCUT2D eigenvalue weighted by Gasteiger charge is -2.07. The molecule has 9 heteroatoms. The average molecular weight is 433 g/mol. The molecule has 0 aliphatic carbocycles. The van der Waals surface area contributed by atoms with E-state index in [-0.39, 0.29) is 23.5 Å². The summed E-state index contributed by atoms with van der Waals surface area (Å²) in [6.45, 7) is 4.20. The molecule has 3 rings (SSSR count). The lowest BCUT2D eigenvalue weighted by molar-refractivity contribution is -0.385. The van der Waals surface area contributed by atoms with E-state index in [2.05, 4.69) is 26.2 Å². The Morgan fingerprint density at radius 1 is 1.37 bits per heavy atom. The van der Waals surface area contributed by atoms with Gasteiger partial charge in [-0.2, -0.15) is 0 Å². The van der Waals surface area contributed by atoms with Gasteiger partial charge in [0.1, 0.15) is 5.65 Å². The standard InChI is InChI=1S/C18H17BrN4O4/c1-3-27-16-5-4-12(7-15(16)23(25)26)18(24)20-8-14-10-22-9-13(19)6-11(2)17(22)21-14/h4-7,9-10H,3,8H2,1-2H3,(H,20,24). The summed E-state index contributed by atoms with van der Waals surface area (Å²) in [6, 6.07) is 6.11. The number of aromatic nitrogens is 2. The molecular formula is C18H17BrN4O4. The van der Waals surface area contributed by atoms with E-state index in [9.17, 15) is 14.9 Å². The molecule has 0 aliphatic heterocycles. The molecule has 0 bridgehead atoms. The number of fused-ring (bicyclic) bond motifs is 1. The Hall–Kier alpha value is -2.94. The third-order valence-corrected chi connectivity index (χ3v) is 4.33. The van der Waals surface area contributed by atoms with Crippen LogP contribution in [0.15, 0.2) is 41.1 Å². The van der Waals surface area contributed by atoms with Gasteiger partial charge in [-0.05, 0) is 53.5 Å². The van der Waals surface area contributed by atoms with Crippen LogP contribution in [0.1, 0.15) is 28.5 Å². The van der Waals surface area contributed by atoms with Crippen LogP contribution in [0.5, 0.6) is 5.75 Å². The van der Waals surface area contributed by atoms with Gasteiger partial charge in [-0.15, -0.1) is 0 Å². The second kappa shape index (κ2) is 7.75. The van der Waals surface area contributed by atoms with Crippen LogP contribution in [0.2, 0.25) is 0 Å². The number of ether oxygens (including phenoxy) is 1. The first-order chi connectivity index (χ1) is 12.9. The number of halogens is 1. The van der Waals surface area contributed by atoms with Crippen LogP contribution >= 0.6 is 15.9 Å². The molecule has 2 heterocycles. The van der Waals surface area contributed by atoms with E-state index in [0.29, 0.717) is 12.3 Å². The Morgan fingerprint density at radius 3 is 2.85 bits per heavy atom. The van der Waals surface area contributed by atoms with Gasteiger partial charge in [-0.3, -0.25) is 14.9 Å². The number of hydrogen-bond acceptors (Lipinski definition) is 5. The molecule has 3 aromatic rings. The van der Waals surface area contributed by atoms with E-state index >= 15 is 0 Å². The third kappa shape index (κ3) is 4.08. The van der Waals surface area contributed by atoms with Crippen molar-refractivity contribution in [1.82, 2.24) is 14.7 Å². The van der Waals surface area contributed by atoms with Crippen LogP contribution in [-0.4, -0.2) is 26.8 Å². The zero-order valence-corrected chi connectivity index (χ0v) is 16.3. The van der Waals surface area contributed by atoms with Crippen molar-refractivity contribution in [3.63, 3.8) is 0 Å². The molecule has 0 unspecified atom stereocenters. The van der Waals surface area contributed by atoms with Crippen LogP contribution in [-0.2, 0) is 6.54 Å². The van der Waals surface area contributed by atoms with E-state index in [1.165, 1.54) is 18.2 Å². The first-order valence-corrected chi connectivity index (χ1v) is 9.01. The zero-order valence-electron chi connectivity index (χ0n) is 14.7. The van der Waals surface area contributed by atoms with Gasteiger partial charge in [-0.1, -0.05) is 0 Å². The highest BCUT2D eigenvalue weighted by atomic mass is 79.9. The Kier molecular flexibility index (Phi) is 5.41. The highest BCUT2D eigenvalue weighted by Gasteiger charge is 2.18. The lowest BCUT2D eigenvalue weighted by Crippen LogP contribution is -2.23. The number of rotatable bonds is 6. The molecule has 0 saturated carbocycles. The Bertz CT molecular complexity index is 1030. The molecular weight excluding hydrogens is 416 g/mol. The van der Waals surface area contributed by atoms with Gasteiger partial charge in [0.2, 0.25) is 0 Å². The van der Waals surface area contributed by atoms with Crippen molar-refractivity contribution >= 4 is 33.2 Å². The molecule has 0 saturated heterocycles. The van der Waals surface area contributed by atoms with Crippen LogP contribution in [0.4, 0.5) is 5.69 Å². The highest BCUT2D eigenvalue weighted by molar-refractivity contribution is 9.10.